The minimum atomic E-state index is 0.712. The van der Waals surface area contributed by atoms with Crippen LogP contribution in [-0.4, -0.2) is 9.78 Å². The maximum absolute atomic E-state index is 5.77. The van der Waals surface area contributed by atoms with Crippen LogP contribution in [0.5, 0.6) is 0 Å². The first-order valence-electron chi connectivity index (χ1n) is 5.23. The van der Waals surface area contributed by atoms with Crippen molar-refractivity contribution in [2.45, 2.75) is 13.5 Å². The first-order valence-corrected chi connectivity index (χ1v) is 5.23. The van der Waals surface area contributed by atoms with Crippen molar-refractivity contribution in [3.8, 4) is 0 Å². The Balaban J connectivity index is 2.04. The van der Waals surface area contributed by atoms with Crippen LogP contribution in [0.4, 0.5) is 11.4 Å². The summed E-state index contributed by atoms with van der Waals surface area (Å²) in [5.74, 6) is 0. The van der Waals surface area contributed by atoms with E-state index >= 15 is 0 Å². The Morgan fingerprint density at radius 1 is 1.38 bits per heavy atom. The van der Waals surface area contributed by atoms with Gasteiger partial charge in [0.15, 0.2) is 0 Å². The number of aryl methyl sites for hydroxylation is 2. The monoisotopic (exact) mass is 216 g/mol. The molecule has 0 aliphatic carbocycles. The average Bonchev–Trinajstić information content (AvgIpc) is 2.60. The number of hydrogen-bond donors (Lipinski definition) is 2. The smallest absolute Gasteiger partial charge is 0.0815 e. The summed E-state index contributed by atoms with van der Waals surface area (Å²) < 4.78 is 1.79. The molecule has 4 heteroatoms. The third-order valence-electron chi connectivity index (χ3n) is 2.34. The summed E-state index contributed by atoms with van der Waals surface area (Å²) in [5, 5.41) is 7.59. The van der Waals surface area contributed by atoms with E-state index < -0.39 is 0 Å². The fourth-order valence-electron chi connectivity index (χ4n) is 1.66. The molecule has 0 saturated carbocycles. The van der Waals surface area contributed by atoms with Gasteiger partial charge in [0.2, 0.25) is 0 Å². The van der Waals surface area contributed by atoms with Gasteiger partial charge in [0.05, 0.1) is 12.2 Å². The standard InChI is InChI=1S/C12H16N4/c1-9-5-10(13)7-12(6-9)14-8-11-3-4-16(2)15-11/h3-7,14H,8,13H2,1-2H3. The molecular formula is C12H16N4. The van der Waals surface area contributed by atoms with Gasteiger partial charge in [-0.15, -0.1) is 0 Å². The Labute approximate surface area is 95.1 Å². The molecule has 16 heavy (non-hydrogen) atoms. The Kier molecular flexibility index (Phi) is 2.81. The molecule has 0 aliphatic rings. The van der Waals surface area contributed by atoms with Crippen molar-refractivity contribution in [2.24, 2.45) is 7.05 Å². The van der Waals surface area contributed by atoms with Gasteiger partial charge < -0.3 is 11.1 Å². The fourth-order valence-corrected chi connectivity index (χ4v) is 1.66. The summed E-state index contributed by atoms with van der Waals surface area (Å²) in [5.41, 5.74) is 9.76. The van der Waals surface area contributed by atoms with E-state index in [4.69, 9.17) is 5.73 Å². The summed E-state index contributed by atoms with van der Waals surface area (Å²) in [6.45, 7) is 2.74. The maximum atomic E-state index is 5.77. The summed E-state index contributed by atoms with van der Waals surface area (Å²) in [6.07, 6.45) is 1.93. The number of benzene rings is 1. The summed E-state index contributed by atoms with van der Waals surface area (Å²) in [7, 11) is 1.91. The molecule has 0 spiro atoms. The number of nitrogens with zero attached hydrogens (tertiary/aromatic N) is 2. The molecule has 0 unspecified atom stereocenters. The third-order valence-corrected chi connectivity index (χ3v) is 2.34. The Hall–Kier alpha value is -1.97. The maximum Gasteiger partial charge on any atom is 0.0815 e. The minimum Gasteiger partial charge on any atom is -0.399 e. The highest BCUT2D eigenvalue weighted by Gasteiger charge is 1.98. The Bertz CT molecular complexity index is 467. The van der Waals surface area contributed by atoms with E-state index in [1.54, 1.807) is 4.68 Å². The topological polar surface area (TPSA) is 55.9 Å². The molecular weight excluding hydrogens is 200 g/mol. The molecule has 0 saturated heterocycles. The van der Waals surface area contributed by atoms with Gasteiger partial charge in [0.25, 0.3) is 0 Å². The normalized spacial score (nSPS) is 10.4. The van der Waals surface area contributed by atoms with Crippen molar-refractivity contribution >= 4 is 11.4 Å². The second-order valence-electron chi connectivity index (χ2n) is 3.97. The van der Waals surface area contributed by atoms with Crippen LogP contribution in [0.15, 0.2) is 30.5 Å². The lowest BCUT2D eigenvalue weighted by molar-refractivity contribution is 0.747. The second kappa shape index (κ2) is 4.26. The van der Waals surface area contributed by atoms with Gasteiger partial charge in [-0.3, -0.25) is 4.68 Å². The van der Waals surface area contributed by atoms with Crippen molar-refractivity contribution in [1.82, 2.24) is 9.78 Å². The van der Waals surface area contributed by atoms with Crippen LogP contribution < -0.4 is 11.1 Å². The first-order chi connectivity index (χ1) is 7.63. The molecule has 0 amide bonds. The van der Waals surface area contributed by atoms with Gasteiger partial charge in [0, 0.05) is 24.6 Å². The van der Waals surface area contributed by atoms with Crippen molar-refractivity contribution in [3.63, 3.8) is 0 Å². The molecule has 2 rings (SSSR count). The van der Waals surface area contributed by atoms with Gasteiger partial charge in [-0.2, -0.15) is 5.10 Å². The largest absolute Gasteiger partial charge is 0.399 e. The molecule has 0 aliphatic heterocycles. The number of anilines is 2. The van der Waals surface area contributed by atoms with E-state index in [1.165, 1.54) is 0 Å². The van der Waals surface area contributed by atoms with E-state index in [9.17, 15) is 0 Å². The van der Waals surface area contributed by atoms with Gasteiger partial charge in [-0.1, -0.05) is 0 Å². The molecule has 0 bridgehead atoms. The van der Waals surface area contributed by atoms with Crippen molar-refractivity contribution in [2.75, 3.05) is 11.1 Å². The summed E-state index contributed by atoms with van der Waals surface area (Å²) in [4.78, 5) is 0. The molecule has 1 aromatic heterocycles. The third kappa shape index (κ3) is 2.53. The zero-order valence-corrected chi connectivity index (χ0v) is 9.57. The lowest BCUT2D eigenvalue weighted by Crippen LogP contribution is -2.02. The molecule has 1 heterocycles. The molecule has 3 N–H and O–H groups in total. The highest BCUT2D eigenvalue weighted by molar-refractivity contribution is 5.56. The van der Waals surface area contributed by atoms with E-state index in [-0.39, 0.29) is 0 Å². The number of rotatable bonds is 3. The van der Waals surface area contributed by atoms with E-state index in [0.29, 0.717) is 6.54 Å². The van der Waals surface area contributed by atoms with Gasteiger partial charge >= 0.3 is 0 Å². The second-order valence-corrected chi connectivity index (χ2v) is 3.97. The summed E-state index contributed by atoms with van der Waals surface area (Å²) in [6, 6.07) is 7.94. The average molecular weight is 216 g/mol. The molecule has 0 atom stereocenters. The van der Waals surface area contributed by atoms with Crippen LogP contribution in [0.25, 0.3) is 0 Å². The number of aromatic nitrogens is 2. The quantitative estimate of drug-likeness (QED) is 0.771. The van der Waals surface area contributed by atoms with Crippen LogP contribution in [0, 0.1) is 6.92 Å². The molecule has 2 aromatic rings. The zero-order valence-electron chi connectivity index (χ0n) is 9.57. The fraction of sp³-hybridized carbons (Fsp3) is 0.250. The van der Waals surface area contributed by atoms with E-state index in [2.05, 4.69) is 16.5 Å². The lowest BCUT2D eigenvalue weighted by atomic mass is 10.2. The number of nitrogens with two attached hydrogens (primary N) is 1. The first kappa shape index (κ1) is 10.5. The Morgan fingerprint density at radius 2 is 2.19 bits per heavy atom. The number of hydrogen-bond acceptors (Lipinski definition) is 3. The van der Waals surface area contributed by atoms with Gasteiger partial charge in [0.1, 0.15) is 0 Å². The van der Waals surface area contributed by atoms with E-state index in [1.807, 2.05) is 38.4 Å². The highest BCUT2D eigenvalue weighted by Crippen LogP contribution is 2.16. The SMILES string of the molecule is Cc1cc(N)cc(NCc2ccn(C)n2)c1. The van der Waals surface area contributed by atoms with Crippen LogP contribution >= 0.6 is 0 Å². The molecule has 0 radical (unpaired) electrons. The predicted molar refractivity (Wildman–Crippen MR) is 66.1 cm³/mol. The molecule has 4 nitrogen and oxygen atoms in total. The van der Waals surface area contributed by atoms with Crippen molar-refractivity contribution < 1.29 is 0 Å². The summed E-state index contributed by atoms with van der Waals surface area (Å²) >= 11 is 0. The Morgan fingerprint density at radius 3 is 2.81 bits per heavy atom. The van der Waals surface area contributed by atoms with Crippen LogP contribution in [0.1, 0.15) is 11.3 Å². The van der Waals surface area contributed by atoms with Gasteiger partial charge in [-0.25, -0.2) is 0 Å². The van der Waals surface area contributed by atoms with Crippen LogP contribution in [0.2, 0.25) is 0 Å². The highest BCUT2D eigenvalue weighted by atomic mass is 15.3. The van der Waals surface area contributed by atoms with Crippen molar-refractivity contribution in [1.29, 1.82) is 0 Å². The van der Waals surface area contributed by atoms with Gasteiger partial charge in [-0.05, 0) is 36.8 Å². The number of nitrogens with one attached hydrogen (secondary N) is 1. The number of nitrogen functional groups attached to an aromatic ring is 1. The van der Waals surface area contributed by atoms with Crippen LogP contribution in [0.3, 0.4) is 0 Å². The van der Waals surface area contributed by atoms with Crippen LogP contribution in [-0.2, 0) is 13.6 Å². The molecule has 0 fully saturated rings. The predicted octanol–water partition coefficient (Wildman–Crippen LogP) is 1.92. The lowest BCUT2D eigenvalue weighted by Gasteiger charge is -2.06. The zero-order chi connectivity index (χ0) is 11.5. The van der Waals surface area contributed by atoms with Crippen molar-refractivity contribution in [3.05, 3.63) is 41.7 Å². The molecule has 84 valence electrons. The molecule has 1 aromatic carbocycles. The van der Waals surface area contributed by atoms with E-state index in [0.717, 1.165) is 22.6 Å². The minimum absolute atomic E-state index is 0.712.